The average molecular weight is 273 g/mol. The Hall–Kier alpha value is -2.10. The van der Waals surface area contributed by atoms with E-state index in [9.17, 15) is 9.18 Å². The molecule has 1 fully saturated rings. The van der Waals surface area contributed by atoms with E-state index in [-0.39, 0.29) is 23.5 Å². The highest BCUT2D eigenvalue weighted by Gasteiger charge is 2.20. The van der Waals surface area contributed by atoms with Gasteiger partial charge in [-0.3, -0.25) is 4.79 Å². The quantitative estimate of drug-likeness (QED) is 0.925. The van der Waals surface area contributed by atoms with E-state index >= 15 is 0 Å². The van der Waals surface area contributed by atoms with Crippen LogP contribution < -0.4 is 5.32 Å². The summed E-state index contributed by atoms with van der Waals surface area (Å²) < 4.78 is 19.1. The molecule has 4 heteroatoms. The average Bonchev–Trinajstić information content (AvgIpc) is 3.10. The van der Waals surface area contributed by atoms with Crippen molar-refractivity contribution in [1.29, 1.82) is 0 Å². The summed E-state index contributed by atoms with van der Waals surface area (Å²) in [6.45, 7) is 0. The van der Waals surface area contributed by atoms with E-state index in [1.807, 2.05) is 0 Å². The zero-order valence-corrected chi connectivity index (χ0v) is 11.1. The largest absolute Gasteiger partial charge is 0.451 e. The van der Waals surface area contributed by atoms with Crippen LogP contribution in [0.3, 0.4) is 0 Å². The normalized spacial score (nSPS) is 15.4. The van der Waals surface area contributed by atoms with Crippen molar-refractivity contribution in [3.05, 3.63) is 48.0 Å². The van der Waals surface area contributed by atoms with E-state index in [2.05, 4.69) is 5.32 Å². The Balaban J connectivity index is 1.76. The van der Waals surface area contributed by atoms with Crippen molar-refractivity contribution in [1.82, 2.24) is 5.32 Å². The molecule has 0 spiro atoms. The van der Waals surface area contributed by atoms with Gasteiger partial charge >= 0.3 is 0 Å². The first kappa shape index (κ1) is 12.9. The summed E-state index contributed by atoms with van der Waals surface area (Å²) in [7, 11) is 0. The molecule has 104 valence electrons. The highest BCUT2D eigenvalue weighted by Crippen LogP contribution is 2.25. The maximum Gasteiger partial charge on any atom is 0.287 e. The number of carbonyl (C=O) groups excluding carboxylic acids is 1. The third kappa shape index (κ3) is 2.59. The van der Waals surface area contributed by atoms with E-state index in [0.717, 1.165) is 25.7 Å². The molecule has 1 saturated carbocycles. The van der Waals surface area contributed by atoms with Gasteiger partial charge in [-0.05, 0) is 37.1 Å². The number of hydrogen-bond acceptors (Lipinski definition) is 2. The fourth-order valence-corrected chi connectivity index (χ4v) is 2.59. The van der Waals surface area contributed by atoms with Crippen LogP contribution in [0.5, 0.6) is 0 Å². The fourth-order valence-electron chi connectivity index (χ4n) is 2.59. The molecule has 1 aliphatic carbocycles. The molecule has 1 aromatic carbocycles. The first-order chi connectivity index (χ1) is 9.74. The second-order valence-corrected chi connectivity index (χ2v) is 5.10. The maximum absolute atomic E-state index is 13.7. The molecule has 3 nitrogen and oxygen atoms in total. The van der Waals surface area contributed by atoms with Crippen molar-refractivity contribution < 1.29 is 13.6 Å². The molecule has 2 aromatic rings. The first-order valence-electron chi connectivity index (χ1n) is 6.89. The number of benzene rings is 1. The van der Waals surface area contributed by atoms with Crippen molar-refractivity contribution in [3.8, 4) is 11.3 Å². The van der Waals surface area contributed by atoms with Crippen LogP contribution in [0.1, 0.15) is 36.2 Å². The van der Waals surface area contributed by atoms with Gasteiger partial charge in [-0.15, -0.1) is 0 Å². The molecule has 1 aliphatic rings. The van der Waals surface area contributed by atoms with E-state index in [1.54, 1.807) is 30.3 Å². The summed E-state index contributed by atoms with van der Waals surface area (Å²) in [5.74, 6) is 0.0268. The third-order valence-corrected chi connectivity index (χ3v) is 3.66. The number of halogens is 1. The number of nitrogens with one attached hydrogen (secondary N) is 1. The molecule has 1 N–H and O–H groups in total. The van der Waals surface area contributed by atoms with Crippen LogP contribution in [0, 0.1) is 5.82 Å². The molecule has 0 radical (unpaired) electrons. The molecular weight excluding hydrogens is 257 g/mol. The van der Waals surface area contributed by atoms with Crippen LogP contribution in [-0.2, 0) is 0 Å². The summed E-state index contributed by atoms with van der Waals surface area (Å²) in [6, 6.07) is 9.82. The molecule has 1 aromatic heterocycles. The van der Waals surface area contributed by atoms with Gasteiger partial charge in [0.15, 0.2) is 5.76 Å². The van der Waals surface area contributed by atoms with E-state index < -0.39 is 0 Å². The molecule has 20 heavy (non-hydrogen) atoms. The maximum atomic E-state index is 13.7. The molecule has 0 bridgehead atoms. The lowest BCUT2D eigenvalue weighted by molar-refractivity contribution is 0.0910. The van der Waals surface area contributed by atoms with Crippen molar-refractivity contribution >= 4 is 5.91 Å². The molecule has 0 aliphatic heterocycles. The van der Waals surface area contributed by atoms with Gasteiger partial charge in [-0.1, -0.05) is 25.0 Å². The van der Waals surface area contributed by atoms with E-state index in [4.69, 9.17) is 4.42 Å². The van der Waals surface area contributed by atoms with Gasteiger partial charge in [0.05, 0.1) is 5.56 Å². The fraction of sp³-hybridized carbons (Fsp3) is 0.312. The molecule has 1 heterocycles. The summed E-state index contributed by atoms with van der Waals surface area (Å²) >= 11 is 0. The van der Waals surface area contributed by atoms with Crippen LogP contribution in [0.4, 0.5) is 4.39 Å². The zero-order chi connectivity index (χ0) is 13.9. The highest BCUT2D eigenvalue weighted by molar-refractivity contribution is 5.92. The van der Waals surface area contributed by atoms with Crippen molar-refractivity contribution in [3.63, 3.8) is 0 Å². The lowest BCUT2D eigenvalue weighted by atomic mass is 10.1. The monoisotopic (exact) mass is 273 g/mol. The Bertz CT molecular complexity index is 614. The minimum Gasteiger partial charge on any atom is -0.451 e. The summed E-state index contributed by atoms with van der Waals surface area (Å²) in [5, 5.41) is 2.95. The lowest BCUT2D eigenvalue weighted by Gasteiger charge is -2.09. The number of furan rings is 1. The molecular formula is C16H16FNO2. The second kappa shape index (κ2) is 5.49. The van der Waals surface area contributed by atoms with Gasteiger partial charge in [0.25, 0.3) is 5.91 Å². The third-order valence-electron chi connectivity index (χ3n) is 3.66. The topological polar surface area (TPSA) is 42.2 Å². The Labute approximate surface area is 116 Å². The molecule has 0 atom stereocenters. The van der Waals surface area contributed by atoms with Gasteiger partial charge in [0.1, 0.15) is 11.6 Å². The van der Waals surface area contributed by atoms with Crippen LogP contribution in [-0.4, -0.2) is 11.9 Å². The van der Waals surface area contributed by atoms with Crippen molar-refractivity contribution in [2.45, 2.75) is 31.7 Å². The van der Waals surface area contributed by atoms with Crippen LogP contribution in [0.25, 0.3) is 11.3 Å². The van der Waals surface area contributed by atoms with Gasteiger partial charge in [0, 0.05) is 6.04 Å². The van der Waals surface area contributed by atoms with Gasteiger partial charge in [0.2, 0.25) is 0 Å². The van der Waals surface area contributed by atoms with Crippen LogP contribution in [0.15, 0.2) is 40.8 Å². The predicted octanol–water partition coefficient (Wildman–Crippen LogP) is 3.76. The summed E-state index contributed by atoms with van der Waals surface area (Å²) in [6.07, 6.45) is 4.35. The summed E-state index contributed by atoms with van der Waals surface area (Å²) in [5.41, 5.74) is 0.368. The number of carbonyl (C=O) groups is 1. The highest BCUT2D eigenvalue weighted by atomic mass is 19.1. The molecule has 0 unspecified atom stereocenters. The Kier molecular flexibility index (Phi) is 3.54. The van der Waals surface area contributed by atoms with Gasteiger partial charge in [-0.25, -0.2) is 4.39 Å². The predicted molar refractivity (Wildman–Crippen MR) is 73.8 cm³/mol. The van der Waals surface area contributed by atoms with Gasteiger partial charge < -0.3 is 9.73 Å². The van der Waals surface area contributed by atoms with Crippen LogP contribution >= 0.6 is 0 Å². The Morgan fingerprint density at radius 2 is 1.90 bits per heavy atom. The second-order valence-electron chi connectivity index (χ2n) is 5.10. The molecule has 0 saturated heterocycles. The number of hydrogen-bond donors (Lipinski definition) is 1. The zero-order valence-electron chi connectivity index (χ0n) is 11.1. The van der Waals surface area contributed by atoms with E-state index in [1.165, 1.54) is 6.07 Å². The number of rotatable bonds is 3. The van der Waals surface area contributed by atoms with E-state index in [0.29, 0.717) is 11.3 Å². The number of amides is 1. The van der Waals surface area contributed by atoms with Crippen LogP contribution in [0.2, 0.25) is 0 Å². The standard InChI is InChI=1S/C16H16FNO2/c17-13-8-4-3-7-12(13)14-9-10-15(20-14)16(19)18-11-5-1-2-6-11/h3-4,7-11H,1-2,5-6H2,(H,18,19). The molecule has 3 rings (SSSR count). The molecule has 1 amide bonds. The minimum atomic E-state index is -0.357. The lowest BCUT2D eigenvalue weighted by Crippen LogP contribution is -2.32. The van der Waals surface area contributed by atoms with Crippen molar-refractivity contribution in [2.24, 2.45) is 0 Å². The minimum absolute atomic E-state index is 0.223. The SMILES string of the molecule is O=C(NC1CCCC1)c1ccc(-c2ccccc2F)o1. The first-order valence-corrected chi connectivity index (χ1v) is 6.89. The van der Waals surface area contributed by atoms with Crippen molar-refractivity contribution in [2.75, 3.05) is 0 Å². The Morgan fingerprint density at radius 3 is 2.65 bits per heavy atom. The smallest absolute Gasteiger partial charge is 0.287 e. The van der Waals surface area contributed by atoms with Gasteiger partial charge in [-0.2, -0.15) is 0 Å². The summed E-state index contributed by atoms with van der Waals surface area (Å²) in [4.78, 5) is 12.0. The Morgan fingerprint density at radius 1 is 1.15 bits per heavy atom.